The molecule has 4 saturated heterocycles. The Balaban J connectivity index is 0.000000133. The average Bonchev–Trinajstić information content (AvgIpc) is 1.59. The Morgan fingerprint density at radius 1 is 0.429 bits per heavy atom. The first-order valence-corrected chi connectivity index (χ1v) is 40.8. The molecule has 0 bridgehead atoms. The number of ketones is 3. The highest BCUT2D eigenvalue weighted by atomic mass is 35.5. The van der Waals surface area contributed by atoms with E-state index in [1.54, 1.807) is 47.8 Å². The van der Waals surface area contributed by atoms with E-state index in [1.165, 1.54) is 31.9 Å². The molecule has 5 aliphatic heterocycles. The zero-order valence-electron chi connectivity index (χ0n) is 65.7. The zero-order chi connectivity index (χ0) is 77.2. The number of hydrogen-bond acceptors (Lipinski definition) is 23. The molecule has 9 aromatic rings. The molecule has 0 aromatic carbocycles. The SMILES string of the molecule is COCC(=O)c1cc(N2CCC(COC)CC2)c2c(C3CCC3)nn(-c3ccnc(C4=CCOCC4)c3)c2n1.COCC(=O)c1cc(N2CCC(COC)CC2)c2c(C3CCC3)nn(-c3ccnc(C4CCOCC4)c3)c2n1.COCC(=O)c1cc(N2CCC(COC)CC2)c2c(C3CCC3)nn(-c3ccnc(Cl)c3)c2n1. The average molecular weight is 1550 g/mol. The summed E-state index contributed by atoms with van der Waals surface area (Å²) in [6, 6.07) is 17.7. The molecule has 17 rings (SSSR count). The fourth-order valence-corrected chi connectivity index (χ4v) is 17.3. The molecule has 0 N–H and O–H groups in total. The molecular formula is C85H106ClN15O11. The molecule has 0 radical (unpaired) electrons. The van der Waals surface area contributed by atoms with E-state index < -0.39 is 0 Å². The smallest absolute Gasteiger partial charge is 0.206 e. The maximum Gasteiger partial charge on any atom is 0.206 e. The molecular weight excluding hydrogens is 1440 g/mol. The molecule has 26 nitrogen and oxygen atoms in total. The Morgan fingerprint density at radius 2 is 0.812 bits per heavy atom. The van der Waals surface area contributed by atoms with Crippen LogP contribution in [0.3, 0.4) is 0 Å². The van der Waals surface area contributed by atoms with Crippen LogP contribution in [-0.2, 0) is 37.9 Å². The van der Waals surface area contributed by atoms with Crippen molar-refractivity contribution >= 4 is 84.7 Å². The van der Waals surface area contributed by atoms with E-state index in [1.807, 2.05) is 62.8 Å². The number of aromatic nitrogens is 12. The summed E-state index contributed by atoms with van der Waals surface area (Å²) >= 11 is 6.21. The van der Waals surface area contributed by atoms with Crippen molar-refractivity contribution in [2.45, 2.75) is 139 Å². The molecule has 0 spiro atoms. The molecule has 112 heavy (non-hydrogen) atoms. The lowest BCUT2D eigenvalue weighted by Gasteiger charge is -2.34. The Morgan fingerprint density at radius 3 is 1.17 bits per heavy atom. The number of nitrogens with zero attached hydrogens (tertiary/aromatic N) is 15. The van der Waals surface area contributed by atoms with Crippen molar-refractivity contribution in [3.8, 4) is 17.1 Å². The molecule has 8 aliphatic rings. The second kappa shape index (κ2) is 36.7. The lowest BCUT2D eigenvalue weighted by atomic mass is 9.81. The number of carbonyl (C=O) groups excluding carboxylic acids is 3. The summed E-state index contributed by atoms with van der Waals surface area (Å²) in [5.74, 6) is 2.87. The van der Waals surface area contributed by atoms with E-state index in [-0.39, 0.29) is 37.2 Å². The van der Waals surface area contributed by atoms with Gasteiger partial charge in [-0.3, -0.25) is 24.4 Å². The van der Waals surface area contributed by atoms with Crippen LogP contribution in [0, 0.1) is 17.8 Å². The van der Waals surface area contributed by atoms with Crippen molar-refractivity contribution in [2.75, 3.05) is 163 Å². The molecule has 7 fully saturated rings. The van der Waals surface area contributed by atoms with Crippen LogP contribution in [0.15, 0.2) is 79.3 Å². The lowest BCUT2D eigenvalue weighted by molar-refractivity contribution is 0.0837. The van der Waals surface area contributed by atoms with Crippen LogP contribution in [0.25, 0.3) is 55.7 Å². The summed E-state index contributed by atoms with van der Waals surface area (Å²) in [6.07, 6.45) is 27.0. The number of halogens is 1. The summed E-state index contributed by atoms with van der Waals surface area (Å²) in [5, 5.41) is 19.1. The number of rotatable bonds is 26. The number of methoxy groups -OCH3 is 6. The number of Topliss-reactive ketones (excluding diaryl/α,β-unsaturated/α-hetero) is 3. The first-order valence-electron chi connectivity index (χ1n) is 40.4. The molecule has 3 saturated carbocycles. The van der Waals surface area contributed by atoms with Crippen LogP contribution in [0.5, 0.6) is 0 Å². The summed E-state index contributed by atoms with van der Waals surface area (Å²) < 4.78 is 48.6. The first kappa shape index (κ1) is 78.7. The van der Waals surface area contributed by atoms with Gasteiger partial charge in [-0.1, -0.05) is 36.9 Å². The molecule has 0 unspecified atom stereocenters. The van der Waals surface area contributed by atoms with Crippen molar-refractivity contribution in [1.29, 1.82) is 0 Å². The van der Waals surface area contributed by atoms with Gasteiger partial charge in [0.15, 0.2) is 16.9 Å². The predicted molar refractivity (Wildman–Crippen MR) is 430 cm³/mol. The van der Waals surface area contributed by atoms with Crippen LogP contribution in [0.1, 0.15) is 199 Å². The number of hydrogen-bond donors (Lipinski definition) is 0. The summed E-state index contributed by atoms with van der Waals surface area (Å²) in [7, 11) is 9.92. The van der Waals surface area contributed by atoms with E-state index in [0.29, 0.717) is 82.5 Å². The standard InChI is InChI=1S/C30H39N5O4.C30H37N5O4.C25H30ClN5O3/c2*1-37-18-20-7-12-34(13-8-20)26-17-25(27(36)19-38-2)32-30-28(26)29(22-4-3-5-22)33-35(30)23-6-11-31-24(16-23)21-9-14-39-15-10-21;1-33-14-16-7-10-30(11-8-16)20-13-19(21(32)15-34-2)28-25-23(20)24(17-4-3-5-17)29-31(25)18-6-9-27-22(26)12-18/h6,11,16-17,20-22H,3-5,7-10,12-15,18-19H2,1-2H3;6,9,11,16-17,20,22H,3-5,7-8,10,12-15,18-19H2,1-2H3;6,9,12-13,16-17H,3-5,7-8,10-11,14-15H2,1-2H3. The van der Waals surface area contributed by atoms with Crippen molar-refractivity contribution in [2.24, 2.45) is 17.8 Å². The van der Waals surface area contributed by atoms with Crippen LogP contribution < -0.4 is 14.7 Å². The predicted octanol–water partition coefficient (Wildman–Crippen LogP) is 13.7. The van der Waals surface area contributed by atoms with Crippen molar-refractivity contribution < 1.29 is 52.3 Å². The number of carbonyl (C=O) groups is 3. The van der Waals surface area contributed by atoms with Gasteiger partial charge in [0, 0.05) is 169 Å². The van der Waals surface area contributed by atoms with Crippen molar-refractivity contribution in [1.82, 2.24) is 59.2 Å². The monoisotopic (exact) mass is 1550 g/mol. The summed E-state index contributed by atoms with van der Waals surface area (Å²) in [4.78, 5) is 74.5. The van der Waals surface area contributed by atoms with Gasteiger partial charge in [0.1, 0.15) is 42.1 Å². The quantitative estimate of drug-likeness (QED) is 0.0360. The highest BCUT2D eigenvalue weighted by Gasteiger charge is 2.37. The normalized spacial score (nSPS) is 18.6. The largest absolute Gasteiger partial charge is 0.384 e. The van der Waals surface area contributed by atoms with Gasteiger partial charge in [0.05, 0.1) is 86.3 Å². The minimum absolute atomic E-state index is 0.000630. The van der Waals surface area contributed by atoms with E-state index >= 15 is 0 Å². The minimum atomic E-state index is -0.148. The Bertz CT molecular complexity index is 4810. The third-order valence-corrected chi connectivity index (χ3v) is 24.3. The van der Waals surface area contributed by atoms with E-state index in [2.05, 4.69) is 42.9 Å². The van der Waals surface area contributed by atoms with Gasteiger partial charge in [-0.15, -0.1) is 0 Å². The van der Waals surface area contributed by atoms with E-state index in [4.69, 9.17) is 84.7 Å². The third kappa shape index (κ3) is 17.3. The number of ether oxygens (including phenoxy) is 8. The van der Waals surface area contributed by atoms with Crippen molar-refractivity contribution in [3.05, 3.63) is 130 Å². The molecule has 9 aromatic heterocycles. The Kier molecular flexibility index (Phi) is 25.8. The minimum Gasteiger partial charge on any atom is -0.384 e. The molecule has 3 aliphatic carbocycles. The number of pyridine rings is 6. The number of fused-ring (bicyclic) bond motifs is 3. The van der Waals surface area contributed by atoms with Gasteiger partial charge in [-0.2, -0.15) is 15.3 Å². The first-order chi connectivity index (χ1) is 54.9. The maximum absolute atomic E-state index is 13.1. The molecule has 0 atom stereocenters. The van der Waals surface area contributed by atoms with Gasteiger partial charge in [-0.05, 0) is 168 Å². The fraction of sp³-hybridized carbons (Fsp3) is 0.553. The van der Waals surface area contributed by atoms with Crippen LogP contribution >= 0.6 is 11.6 Å². The second-order valence-electron chi connectivity index (χ2n) is 31.3. The van der Waals surface area contributed by atoms with Crippen LogP contribution in [0.2, 0.25) is 5.15 Å². The second-order valence-corrected chi connectivity index (χ2v) is 31.7. The molecule has 14 heterocycles. The van der Waals surface area contributed by atoms with Crippen molar-refractivity contribution in [3.63, 3.8) is 0 Å². The summed E-state index contributed by atoms with van der Waals surface area (Å²) in [5.41, 5.74) is 15.6. The van der Waals surface area contributed by atoms with Gasteiger partial charge in [0.2, 0.25) is 17.3 Å². The summed E-state index contributed by atoms with van der Waals surface area (Å²) in [6.45, 7) is 10.7. The third-order valence-electron chi connectivity index (χ3n) is 24.0. The van der Waals surface area contributed by atoms with Crippen LogP contribution in [0.4, 0.5) is 17.1 Å². The number of anilines is 3. The number of piperidine rings is 3. The molecule has 594 valence electrons. The van der Waals surface area contributed by atoms with Gasteiger partial charge >= 0.3 is 0 Å². The van der Waals surface area contributed by atoms with Gasteiger partial charge in [0.25, 0.3) is 0 Å². The zero-order valence-corrected chi connectivity index (χ0v) is 66.4. The Labute approximate surface area is 659 Å². The lowest BCUT2D eigenvalue weighted by Crippen LogP contribution is -2.35. The van der Waals surface area contributed by atoms with E-state index in [9.17, 15) is 14.4 Å². The van der Waals surface area contributed by atoms with Gasteiger partial charge in [-0.25, -0.2) is 34.0 Å². The van der Waals surface area contributed by atoms with Crippen LogP contribution in [-0.4, -0.2) is 225 Å². The maximum atomic E-state index is 13.1. The molecule has 27 heteroatoms. The van der Waals surface area contributed by atoms with Gasteiger partial charge < -0.3 is 52.6 Å². The molecule has 0 amide bonds. The Hall–Kier alpha value is -8.57. The topological polar surface area (TPSA) is 266 Å². The van der Waals surface area contributed by atoms with E-state index in [0.717, 1.165) is 259 Å². The fourth-order valence-electron chi connectivity index (χ4n) is 17.1. The highest BCUT2D eigenvalue weighted by Crippen LogP contribution is 2.48. The highest BCUT2D eigenvalue weighted by molar-refractivity contribution is 6.29.